The maximum absolute atomic E-state index is 12.9. The number of aryl methyl sites for hydroxylation is 2. The van der Waals surface area contributed by atoms with Crippen molar-refractivity contribution in [3.8, 4) is 0 Å². The van der Waals surface area contributed by atoms with Gasteiger partial charge in [0.05, 0.1) is 4.90 Å². The summed E-state index contributed by atoms with van der Waals surface area (Å²) in [5.74, 6) is -0.462. The zero-order chi connectivity index (χ0) is 15.6. The lowest BCUT2D eigenvalue weighted by atomic mass is 10.0. The fourth-order valence-corrected chi connectivity index (χ4v) is 3.51. The number of benzene rings is 2. The van der Waals surface area contributed by atoms with Gasteiger partial charge in [0, 0.05) is 6.04 Å². The molecule has 2 aromatic carbocycles. The standard InChI is InChI=1S/C16H18FNO2S/c1-11-4-9-16(12(2)10-11)13(3)18-21(19,20)15-7-5-14(17)6-8-15/h4-10,13,18H,1-3H3/t13-/m0/s1. The van der Waals surface area contributed by atoms with E-state index < -0.39 is 15.8 Å². The van der Waals surface area contributed by atoms with Crippen molar-refractivity contribution in [2.75, 3.05) is 0 Å². The first kappa shape index (κ1) is 15.7. The molecule has 0 bridgehead atoms. The minimum Gasteiger partial charge on any atom is -0.207 e. The molecule has 1 atom stereocenters. The van der Waals surface area contributed by atoms with Gasteiger partial charge in [0.15, 0.2) is 0 Å². The van der Waals surface area contributed by atoms with Gasteiger partial charge in [-0.15, -0.1) is 0 Å². The molecule has 0 unspecified atom stereocenters. The number of sulfonamides is 1. The lowest BCUT2D eigenvalue weighted by Gasteiger charge is -2.17. The molecule has 3 nitrogen and oxygen atoms in total. The lowest BCUT2D eigenvalue weighted by Crippen LogP contribution is -2.27. The van der Waals surface area contributed by atoms with E-state index in [1.165, 1.54) is 12.1 Å². The monoisotopic (exact) mass is 307 g/mol. The Balaban J connectivity index is 2.25. The fourth-order valence-electron chi connectivity index (χ4n) is 2.29. The topological polar surface area (TPSA) is 46.2 Å². The Labute approximate surface area is 124 Å². The first-order chi connectivity index (χ1) is 9.79. The number of halogens is 1. The van der Waals surface area contributed by atoms with Gasteiger partial charge in [-0.25, -0.2) is 17.5 Å². The zero-order valence-corrected chi connectivity index (χ0v) is 13.0. The average Bonchev–Trinajstić information content (AvgIpc) is 2.38. The van der Waals surface area contributed by atoms with Crippen molar-refractivity contribution >= 4 is 10.0 Å². The summed E-state index contributed by atoms with van der Waals surface area (Å²) in [7, 11) is -3.67. The van der Waals surface area contributed by atoms with E-state index in [0.29, 0.717) is 0 Å². The molecule has 5 heteroatoms. The van der Waals surface area contributed by atoms with Crippen molar-refractivity contribution in [3.63, 3.8) is 0 Å². The van der Waals surface area contributed by atoms with Gasteiger partial charge in [-0.05, 0) is 56.2 Å². The molecule has 2 rings (SSSR count). The highest BCUT2D eigenvalue weighted by Crippen LogP contribution is 2.21. The Morgan fingerprint density at radius 2 is 1.67 bits per heavy atom. The van der Waals surface area contributed by atoms with Crippen LogP contribution in [-0.4, -0.2) is 8.42 Å². The molecule has 2 aromatic rings. The van der Waals surface area contributed by atoms with Gasteiger partial charge in [0.1, 0.15) is 5.82 Å². The molecule has 0 heterocycles. The van der Waals surface area contributed by atoms with Crippen molar-refractivity contribution in [1.82, 2.24) is 4.72 Å². The van der Waals surface area contributed by atoms with E-state index in [2.05, 4.69) is 4.72 Å². The molecule has 0 amide bonds. The van der Waals surface area contributed by atoms with Crippen LogP contribution in [0.3, 0.4) is 0 Å². The Kier molecular flexibility index (Phi) is 4.44. The van der Waals surface area contributed by atoms with Crippen LogP contribution in [-0.2, 0) is 10.0 Å². The van der Waals surface area contributed by atoms with Gasteiger partial charge in [-0.3, -0.25) is 0 Å². The summed E-state index contributed by atoms with van der Waals surface area (Å²) in [6.45, 7) is 5.73. The smallest absolute Gasteiger partial charge is 0.207 e. The van der Waals surface area contributed by atoms with E-state index in [1.54, 1.807) is 6.92 Å². The van der Waals surface area contributed by atoms with Crippen molar-refractivity contribution < 1.29 is 12.8 Å². The molecule has 0 aliphatic rings. The minimum atomic E-state index is -3.67. The second-order valence-corrected chi connectivity index (χ2v) is 6.87. The molecule has 0 aliphatic heterocycles. The van der Waals surface area contributed by atoms with Crippen molar-refractivity contribution in [1.29, 1.82) is 0 Å². The predicted molar refractivity (Wildman–Crippen MR) is 81.1 cm³/mol. The summed E-state index contributed by atoms with van der Waals surface area (Å²) in [6.07, 6.45) is 0. The number of hydrogen-bond acceptors (Lipinski definition) is 2. The third-order valence-electron chi connectivity index (χ3n) is 3.35. The SMILES string of the molecule is Cc1ccc([C@H](C)NS(=O)(=O)c2ccc(F)cc2)c(C)c1. The van der Waals surface area contributed by atoms with Crippen LogP contribution in [0.2, 0.25) is 0 Å². The highest BCUT2D eigenvalue weighted by atomic mass is 32.2. The van der Waals surface area contributed by atoms with E-state index in [0.717, 1.165) is 28.8 Å². The Morgan fingerprint density at radius 1 is 1.05 bits per heavy atom. The highest BCUT2D eigenvalue weighted by molar-refractivity contribution is 7.89. The molecule has 1 N–H and O–H groups in total. The first-order valence-corrected chi connectivity index (χ1v) is 8.13. The van der Waals surface area contributed by atoms with Crippen LogP contribution in [0.15, 0.2) is 47.4 Å². The molecular weight excluding hydrogens is 289 g/mol. The van der Waals surface area contributed by atoms with Gasteiger partial charge < -0.3 is 0 Å². The fraction of sp³-hybridized carbons (Fsp3) is 0.250. The second-order valence-electron chi connectivity index (χ2n) is 5.16. The van der Waals surface area contributed by atoms with Crippen LogP contribution in [0, 0.1) is 19.7 Å². The molecule has 21 heavy (non-hydrogen) atoms. The summed E-state index contributed by atoms with van der Waals surface area (Å²) in [4.78, 5) is 0.0560. The Hall–Kier alpha value is -1.72. The molecule has 0 aromatic heterocycles. The average molecular weight is 307 g/mol. The summed E-state index contributed by atoms with van der Waals surface area (Å²) in [5, 5.41) is 0. The van der Waals surface area contributed by atoms with Gasteiger partial charge >= 0.3 is 0 Å². The normalized spacial score (nSPS) is 13.1. The van der Waals surface area contributed by atoms with Crippen LogP contribution in [0.1, 0.15) is 29.7 Å². The maximum Gasteiger partial charge on any atom is 0.241 e. The third-order valence-corrected chi connectivity index (χ3v) is 4.90. The molecule has 0 saturated heterocycles. The summed E-state index contributed by atoms with van der Waals surface area (Å²) < 4.78 is 40.0. The van der Waals surface area contributed by atoms with Crippen LogP contribution >= 0.6 is 0 Å². The Morgan fingerprint density at radius 3 is 2.24 bits per heavy atom. The van der Waals surface area contributed by atoms with Gasteiger partial charge in [0.25, 0.3) is 0 Å². The first-order valence-electron chi connectivity index (χ1n) is 6.64. The quantitative estimate of drug-likeness (QED) is 0.940. The Bertz CT molecular complexity index is 739. The summed E-state index contributed by atoms with van der Waals surface area (Å²) in [5.41, 5.74) is 3.08. The van der Waals surface area contributed by atoms with Gasteiger partial charge in [-0.2, -0.15) is 0 Å². The molecular formula is C16H18FNO2S. The van der Waals surface area contributed by atoms with E-state index in [-0.39, 0.29) is 10.9 Å². The number of hydrogen-bond donors (Lipinski definition) is 1. The van der Waals surface area contributed by atoms with Crippen molar-refractivity contribution in [3.05, 3.63) is 65.0 Å². The van der Waals surface area contributed by atoms with Crippen LogP contribution in [0.4, 0.5) is 4.39 Å². The van der Waals surface area contributed by atoms with E-state index >= 15 is 0 Å². The van der Waals surface area contributed by atoms with Crippen LogP contribution in [0.25, 0.3) is 0 Å². The number of rotatable bonds is 4. The highest BCUT2D eigenvalue weighted by Gasteiger charge is 2.19. The van der Waals surface area contributed by atoms with E-state index in [4.69, 9.17) is 0 Å². The van der Waals surface area contributed by atoms with Crippen molar-refractivity contribution in [2.24, 2.45) is 0 Å². The molecule has 112 valence electrons. The van der Waals surface area contributed by atoms with Gasteiger partial charge in [0.2, 0.25) is 10.0 Å². The van der Waals surface area contributed by atoms with E-state index in [9.17, 15) is 12.8 Å². The van der Waals surface area contributed by atoms with Crippen LogP contribution in [0.5, 0.6) is 0 Å². The maximum atomic E-state index is 12.9. The van der Waals surface area contributed by atoms with Crippen LogP contribution < -0.4 is 4.72 Å². The van der Waals surface area contributed by atoms with E-state index in [1.807, 2.05) is 32.0 Å². The molecule has 0 saturated carbocycles. The molecule has 0 aliphatic carbocycles. The van der Waals surface area contributed by atoms with Crippen molar-refractivity contribution in [2.45, 2.75) is 31.7 Å². The summed E-state index contributed by atoms with van der Waals surface area (Å²) in [6, 6.07) is 10.3. The largest absolute Gasteiger partial charge is 0.241 e. The predicted octanol–water partition coefficient (Wildman–Crippen LogP) is 3.48. The summed E-state index contributed by atoms with van der Waals surface area (Å²) >= 11 is 0. The van der Waals surface area contributed by atoms with Gasteiger partial charge in [-0.1, -0.05) is 23.8 Å². The lowest BCUT2D eigenvalue weighted by molar-refractivity contribution is 0.566. The zero-order valence-electron chi connectivity index (χ0n) is 12.2. The molecule has 0 fully saturated rings. The third kappa shape index (κ3) is 3.68. The second kappa shape index (κ2) is 5.95. The molecule has 0 spiro atoms. The minimum absolute atomic E-state index is 0.0560. The number of nitrogens with one attached hydrogen (secondary N) is 1. The molecule has 0 radical (unpaired) electrons.